The third-order valence-electron chi connectivity index (χ3n) is 5.37. The largest absolute Gasteiger partial charge is 0.475 e. The van der Waals surface area contributed by atoms with Crippen LogP contribution >= 0.6 is 11.8 Å². The van der Waals surface area contributed by atoms with E-state index in [0.717, 1.165) is 0 Å². The molecule has 0 bridgehead atoms. The van der Waals surface area contributed by atoms with Crippen LogP contribution < -0.4 is 20.9 Å². The summed E-state index contributed by atoms with van der Waals surface area (Å²) in [7, 11) is 1.67. The molecule has 1 aromatic rings. The second-order valence-corrected chi connectivity index (χ2v) is 8.71. The maximum atomic E-state index is 12.3. The highest BCUT2D eigenvalue weighted by Gasteiger charge is 2.34. The Labute approximate surface area is 198 Å². The molecule has 0 aromatic carbocycles. The number of aromatic nitrogens is 2. The van der Waals surface area contributed by atoms with Crippen LogP contribution in [0.15, 0.2) is 40.5 Å². The van der Waals surface area contributed by atoms with E-state index in [1.165, 1.54) is 33.8 Å². The lowest BCUT2D eigenvalue weighted by atomic mass is 10.1. The van der Waals surface area contributed by atoms with Crippen LogP contribution in [0, 0.1) is 0 Å². The maximum absolute atomic E-state index is 12.3. The molecule has 3 N–H and O–H groups in total. The highest BCUT2D eigenvalue weighted by molar-refractivity contribution is 8.00. The van der Waals surface area contributed by atoms with Gasteiger partial charge in [-0.2, -0.15) is 4.99 Å². The number of carbonyl (C=O) groups is 3. The summed E-state index contributed by atoms with van der Waals surface area (Å²) in [6.45, 7) is 1.56. The quantitative estimate of drug-likeness (QED) is 0.436. The van der Waals surface area contributed by atoms with Crippen molar-refractivity contribution in [2.45, 2.75) is 17.2 Å². The van der Waals surface area contributed by atoms with E-state index in [0.29, 0.717) is 60.4 Å². The second-order valence-electron chi connectivity index (χ2n) is 7.74. The highest BCUT2D eigenvalue weighted by Crippen LogP contribution is 2.30. The minimum Gasteiger partial charge on any atom is -0.475 e. The predicted octanol–water partition coefficient (Wildman–Crippen LogP) is -0.350. The van der Waals surface area contributed by atoms with Crippen LogP contribution in [-0.4, -0.2) is 89.8 Å². The first-order chi connectivity index (χ1) is 16.5. The number of carbonyl (C=O) groups excluding carboxylic acids is 3. The molecule has 5 heterocycles. The van der Waals surface area contributed by atoms with E-state index in [9.17, 15) is 14.4 Å². The van der Waals surface area contributed by atoms with Gasteiger partial charge in [-0.15, -0.1) is 0 Å². The lowest BCUT2D eigenvalue weighted by Crippen LogP contribution is -2.49. The zero-order valence-electron chi connectivity index (χ0n) is 18.2. The Bertz CT molecular complexity index is 1120. The molecule has 0 saturated carbocycles. The zero-order chi connectivity index (χ0) is 23.7. The number of anilines is 2. The first-order valence-electron chi connectivity index (χ1n) is 10.6. The van der Waals surface area contributed by atoms with Crippen LogP contribution in [0.25, 0.3) is 0 Å². The molecule has 4 aliphatic rings. The standard InChI is InChI=1S/C20H22N8O5S/c1-27-16(30)3-2-12-18(27)26-15(8-22-12)32-5-4-21-6-11-9-28(20(31)33-11)13-7-23-19-17(24-13)25-14(29)10-34-19/h2-3,7-8,11-12,21-22H,4-6,9-10H2,1H3,(H,24,25,29)/t11-,12?/m0/s1. The van der Waals surface area contributed by atoms with Gasteiger partial charge in [0, 0.05) is 26.2 Å². The van der Waals surface area contributed by atoms with Crippen LogP contribution in [0.2, 0.25) is 0 Å². The fourth-order valence-corrected chi connectivity index (χ4v) is 4.35. The molecule has 0 radical (unpaired) electrons. The van der Waals surface area contributed by atoms with Gasteiger partial charge in [-0.3, -0.25) is 19.4 Å². The number of hydrogen-bond donors (Lipinski definition) is 3. The van der Waals surface area contributed by atoms with Crippen molar-refractivity contribution in [3.05, 3.63) is 30.4 Å². The van der Waals surface area contributed by atoms with E-state index in [1.54, 1.807) is 19.3 Å². The first-order valence-corrected chi connectivity index (χ1v) is 11.6. The maximum Gasteiger partial charge on any atom is 0.416 e. The smallest absolute Gasteiger partial charge is 0.416 e. The van der Waals surface area contributed by atoms with Gasteiger partial charge in [0.15, 0.2) is 11.6 Å². The molecule has 178 valence electrons. The molecule has 0 aliphatic carbocycles. The summed E-state index contributed by atoms with van der Waals surface area (Å²) in [6.07, 6.45) is 5.54. The number of ether oxygens (including phenoxy) is 2. The van der Waals surface area contributed by atoms with Gasteiger partial charge in [-0.1, -0.05) is 11.8 Å². The average molecular weight is 487 g/mol. The minimum atomic E-state index is -0.517. The summed E-state index contributed by atoms with van der Waals surface area (Å²) >= 11 is 1.30. The zero-order valence-corrected chi connectivity index (χ0v) is 19.0. The van der Waals surface area contributed by atoms with E-state index in [2.05, 4.69) is 30.9 Å². The van der Waals surface area contributed by atoms with Gasteiger partial charge in [0.2, 0.25) is 11.8 Å². The number of amides is 3. The molecule has 13 nitrogen and oxygen atoms in total. The third-order valence-corrected chi connectivity index (χ3v) is 6.35. The molecule has 0 spiro atoms. The van der Waals surface area contributed by atoms with Gasteiger partial charge in [0.25, 0.3) is 5.91 Å². The summed E-state index contributed by atoms with van der Waals surface area (Å²) in [4.78, 5) is 51.6. The molecule has 1 unspecified atom stereocenters. The summed E-state index contributed by atoms with van der Waals surface area (Å²) < 4.78 is 11.1. The van der Waals surface area contributed by atoms with Crippen molar-refractivity contribution >= 4 is 47.1 Å². The van der Waals surface area contributed by atoms with Crippen LogP contribution in [0.3, 0.4) is 0 Å². The predicted molar refractivity (Wildman–Crippen MR) is 122 cm³/mol. The topological polar surface area (TPSA) is 150 Å². The van der Waals surface area contributed by atoms with Gasteiger partial charge < -0.3 is 25.4 Å². The van der Waals surface area contributed by atoms with E-state index in [-0.39, 0.29) is 24.0 Å². The number of hydrogen-bond acceptors (Lipinski definition) is 11. The Balaban J connectivity index is 1.07. The van der Waals surface area contributed by atoms with Crippen molar-refractivity contribution in [2.24, 2.45) is 4.99 Å². The van der Waals surface area contributed by atoms with E-state index < -0.39 is 6.09 Å². The van der Waals surface area contributed by atoms with Crippen molar-refractivity contribution in [1.82, 2.24) is 25.5 Å². The Morgan fingerprint density at radius 3 is 3.12 bits per heavy atom. The average Bonchev–Trinajstić information content (AvgIpc) is 3.21. The Kier molecular flexibility index (Phi) is 6.06. The molecule has 1 saturated heterocycles. The fraction of sp³-hybridized carbons (Fsp3) is 0.400. The van der Waals surface area contributed by atoms with Crippen molar-refractivity contribution in [3.63, 3.8) is 0 Å². The Hall–Kier alpha value is -3.65. The number of thioether (sulfide) groups is 1. The molecule has 2 atom stereocenters. The van der Waals surface area contributed by atoms with Gasteiger partial charge in [0.1, 0.15) is 29.6 Å². The second kappa shape index (κ2) is 9.30. The molecule has 5 rings (SSSR count). The van der Waals surface area contributed by atoms with Gasteiger partial charge in [-0.25, -0.2) is 14.8 Å². The molecule has 14 heteroatoms. The number of likely N-dealkylation sites (N-methyl/N-ethyl adjacent to an activating group) is 1. The third kappa shape index (κ3) is 4.54. The molecule has 1 fully saturated rings. The number of nitrogens with zero attached hydrogens (tertiary/aromatic N) is 5. The highest BCUT2D eigenvalue weighted by atomic mass is 32.2. The monoisotopic (exact) mass is 486 g/mol. The van der Waals surface area contributed by atoms with Crippen molar-refractivity contribution in [1.29, 1.82) is 0 Å². The number of fused-ring (bicyclic) bond motifs is 2. The summed E-state index contributed by atoms with van der Waals surface area (Å²) in [6, 6.07) is -0.150. The van der Waals surface area contributed by atoms with E-state index in [1.807, 2.05) is 0 Å². The summed E-state index contributed by atoms with van der Waals surface area (Å²) in [5, 5.41) is 9.61. The number of aliphatic imine (C=N–C) groups is 1. The van der Waals surface area contributed by atoms with Crippen LogP contribution in [0.4, 0.5) is 16.4 Å². The van der Waals surface area contributed by atoms with Crippen molar-refractivity contribution in [3.8, 4) is 0 Å². The van der Waals surface area contributed by atoms with E-state index >= 15 is 0 Å². The molecule has 34 heavy (non-hydrogen) atoms. The Morgan fingerprint density at radius 2 is 2.24 bits per heavy atom. The summed E-state index contributed by atoms with van der Waals surface area (Å²) in [5.74, 6) is 1.65. The molecule has 3 amide bonds. The summed E-state index contributed by atoms with van der Waals surface area (Å²) in [5.41, 5.74) is 0. The molecule has 1 aromatic heterocycles. The van der Waals surface area contributed by atoms with Crippen molar-refractivity contribution < 1.29 is 23.9 Å². The van der Waals surface area contributed by atoms with Gasteiger partial charge in [0.05, 0.1) is 24.7 Å². The van der Waals surface area contributed by atoms with Crippen LogP contribution in [0.1, 0.15) is 0 Å². The molecular weight excluding hydrogens is 464 g/mol. The lowest BCUT2D eigenvalue weighted by molar-refractivity contribution is -0.122. The van der Waals surface area contributed by atoms with Gasteiger partial charge >= 0.3 is 6.09 Å². The molecule has 4 aliphatic heterocycles. The normalized spacial score (nSPS) is 23.4. The SMILES string of the molecule is CN1C(=O)C=CC2NC=C(OCCNC[C@H]3CN(c4cnc5c(n4)NC(=O)CS5)C(=O)O3)N=C21. The van der Waals surface area contributed by atoms with Gasteiger partial charge in [-0.05, 0) is 6.08 Å². The number of rotatable bonds is 7. The van der Waals surface area contributed by atoms with E-state index in [4.69, 9.17) is 9.47 Å². The van der Waals surface area contributed by atoms with Crippen LogP contribution in [0.5, 0.6) is 0 Å². The van der Waals surface area contributed by atoms with Crippen molar-refractivity contribution in [2.75, 3.05) is 49.3 Å². The fourth-order valence-electron chi connectivity index (χ4n) is 3.65. The first kappa shape index (κ1) is 22.2. The Morgan fingerprint density at radius 1 is 1.35 bits per heavy atom. The number of cyclic esters (lactones) is 1. The lowest BCUT2D eigenvalue weighted by Gasteiger charge is -2.30. The number of nitrogens with one attached hydrogen (secondary N) is 3. The minimum absolute atomic E-state index is 0.134. The van der Waals surface area contributed by atoms with Crippen LogP contribution in [-0.2, 0) is 19.1 Å². The number of amidine groups is 1. The molecular formula is C20H22N8O5S.